The van der Waals surface area contributed by atoms with Crippen LogP contribution in [0.3, 0.4) is 0 Å². The van der Waals surface area contributed by atoms with Crippen molar-refractivity contribution in [2.45, 2.75) is 25.8 Å². The van der Waals surface area contributed by atoms with E-state index in [0.29, 0.717) is 12.4 Å². The summed E-state index contributed by atoms with van der Waals surface area (Å²) in [5, 5.41) is 4.44. The van der Waals surface area contributed by atoms with Crippen molar-refractivity contribution in [3.8, 4) is 11.4 Å². The Morgan fingerprint density at radius 3 is 2.52 bits per heavy atom. The van der Waals surface area contributed by atoms with Crippen molar-refractivity contribution in [2.24, 2.45) is 5.73 Å². The van der Waals surface area contributed by atoms with Crippen molar-refractivity contribution >= 4 is 16.7 Å². The number of pyridine rings is 2. The quantitative estimate of drug-likeness (QED) is 0.753. The highest BCUT2D eigenvalue weighted by Crippen LogP contribution is 2.26. The number of hydrogen-bond acceptors (Lipinski definition) is 6. The van der Waals surface area contributed by atoms with Gasteiger partial charge in [-0.05, 0) is 45.0 Å². The molecule has 23 heavy (non-hydrogen) atoms. The summed E-state index contributed by atoms with van der Waals surface area (Å²) in [5.74, 6) is 1.45. The van der Waals surface area contributed by atoms with E-state index in [2.05, 4.69) is 34.1 Å². The maximum atomic E-state index is 5.71. The molecule has 0 aliphatic rings. The summed E-state index contributed by atoms with van der Waals surface area (Å²) in [5.41, 5.74) is 7.28. The Kier molecular flexibility index (Phi) is 4.16. The number of anilines is 1. The topological polar surface area (TPSA) is 89.6 Å². The van der Waals surface area contributed by atoms with Gasteiger partial charge in [0, 0.05) is 35.1 Å². The van der Waals surface area contributed by atoms with Gasteiger partial charge in [0.25, 0.3) is 0 Å². The van der Waals surface area contributed by atoms with E-state index < -0.39 is 0 Å². The lowest BCUT2D eigenvalue weighted by Gasteiger charge is -2.27. The van der Waals surface area contributed by atoms with Gasteiger partial charge in [-0.25, -0.2) is 9.97 Å². The van der Waals surface area contributed by atoms with Gasteiger partial charge in [0.15, 0.2) is 5.82 Å². The third-order valence-corrected chi connectivity index (χ3v) is 3.66. The van der Waals surface area contributed by atoms with Gasteiger partial charge < -0.3 is 11.1 Å². The van der Waals surface area contributed by atoms with Crippen LogP contribution in [-0.4, -0.2) is 32.0 Å². The number of nitrogens with one attached hydrogen (secondary N) is 1. The van der Waals surface area contributed by atoms with E-state index in [1.807, 2.05) is 18.2 Å². The second-order valence-electron chi connectivity index (χ2n) is 6.07. The molecule has 0 unspecified atom stereocenters. The molecule has 118 valence electrons. The molecule has 0 aromatic carbocycles. The minimum absolute atomic E-state index is 0.158. The van der Waals surface area contributed by atoms with Crippen LogP contribution < -0.4 is 11.1 Å². The van der Waals surface area contributed by atoms with Crippen molar-refractivity contribution in [3.63, 3.8) is 0 Å². The third kappa shape index (κ3) is 3.43. The van der Waals surface area contributed by atoms with Gasteiger partial charge in [0.1, 0.15) is 5.82 Å². The molecule has 0 fully saturated rings. The maximum absolute atomic E-state index is 5.71. The molecule has 0 aliphatic heterocycles. The van der Waals surface area contributed by atoms with Crippen molar-refractivity contribution < 1.29 is 0 Å². The molecular weight excluding hydrogens is 288 g/mol. The highest BCUT2D eigenvalue weighted by molar-refractivity contribution is 5.90. The van der Waals surface area contributed by atoms with E-state index in [-0.39, 0.29) is 5.54 Å². The zero-order valence-corrected chi connectivity index (χ0v) is 13.3. The lowest BCUT2D eigenvalue weighted by molar-refractivity contribution is 0.525. The predicted octanol–water partition coefficient (Wildman–Crippen LogP) is 2.63. The summed E-state index contributed by atoms with van der Waals surface area (Å²) in [6.45, 7) is 4.84. The molecule has 3 rings (SSSR count). The van der Waals surface area contributed by atoms with Crippen molar-refractivity contribution in [2.75, 3.05) is 11.9 Å². The van der Waals surface area contributed by atoms with E-state index >= 15 is 0 Å². The Morgan fingerprint density at radius 1 is 1.04 bits per heavy atom. The zero-order chi connectivity index (χ0) is 16.3. The standard InChI is InChI=1S/C17H20N6/c1-17(2,6-7-18)23-16-13-5-10-20-11-14(13)21-15(22-16)12-3-8-19-9-4-12/h3-5,8-11H,6-7,18H2,1-2H3,(H,21,22,23). The number of nitrogens with zero attached hydrogens (tertiary/aromatic N) is 4. The summed E-state index contributed by atoms with van der Waals surface area (Å²) >= 11 is 0. The fourth-order valence-electron chi connectivity index (χ4n) is 2.45. The molecule has 6 heteroatoms. The average Bonchev–Trinajstić information content (AvgIpc) is 2.55. The number of hydrogen-bond donors (Lipinski definition) is 2. The number of fused-ring (bicyclic) bond motifs is 1. The largest absolute Gasteiger partial charge is 0.365 e. The molecule has 0 amide bonds. The second kappa shape index (κ2) is 6.26. The summed E-state index contributed by atoms with van der Waals surface area (Å²) in [4.78, 5) is 17.5. The molecule has 6 nitrogen and oxygen atoms in total. The van der Waals surface area contributed by atoms with Crippen molar-refractivity contribution in [1.82, 2.24) is 19.9 Å². The van der Waals surface area contributed by atoms with Gasteiger partial charge in [-0.3, -0.25) is 9.97 Å². The fraction of sp³-hybridized carbons (Fsp3) is 0.294. The van der Waals surface area contributed by atoms with Crippen LogP contribution in [-0.2, 0) is 0 Å². The molecule has 0 saturated heterocycles. The molecule has 0 spiro atoms. The van der Waals surface area contributed by atoms with Crippen LogP contribution in [0, 0.1) is 0 Å². The predicted molar refractivity (Wildman–Crippen MR) is 91.9 cm³/mol. The molecule has 0 atom stereocenters. The number of rotatable bonds is 5. The molecule has 3 aromatic heterocycles. The summed E-state index contributed by atoms with van der Waals surface area (Å²) in [6.07, 6.45) is 7.81. The number of nitrogens with two attached hydrogens (primary N) is 1. The summed E-state index contributed by atoms with van der Waals surface area (Å²) in [7, 11) is 0. The summed E-state index contributed by atoms with van der Waals surface area (Å²) < 4.78 is 0. The molecule has 3 aromatic rings. The molecule has 0 bridgehead atoms. The average molecular weight is 308 g/mol. The van der Waals surface area contributed by atoms with Crippen LogP contribution in [0.15, 0.2) is 43.0 Å². The Balaban J connectivity index is 2.11. The minimum atomic E-state index is -0.158. The van der Waals surface area contributed by atoms with Gasteiger partial charge in [0.2, 0.25) is 0 Å². The Bertz CT molecular complexity index is 801. The first-order valence-corrected chi connectivity index (χ1v) is 7.59. The number of aromatic nitrogens is 4. The van der Waals surface area contributed by atoms with Crippen LogP contribution in [0.2, 0.25) is 0 Å². The van der Waals surface area contributed by atoms with E-state index in [1.165, 1.54) is 0 Å². The highest BCUT2D eigenvalue weighted by atomic mass is 15.1. The third-order valence-electron chi connectivity index (χ3n) is 3.66. The fourth-order valence-corrected chi connectivity index (χ4v) is 2.45. The second-order valence-corrected chi connectivity index (χ2v) is 6.07. The molecule has 0 saturated carbocycles. The summed E-state index contributed by atoms with van der Waals surface area (Å²) in [6, 6.07) is 5.71. The maximum Gasteiger partial charge on any atom is 0.162 e. The Hall–Kier alpha value is -2.60. The van der Waals surface area contributed by atoms with Gasteiger partial charge >= 0.3 is 0 Å². The van der Waals surface area contributed by atoms with E-state index in [1.54, 1.807) is 24.8 Å². The molecule has 3 heterocycles. The first-order chi connectivity index (χ1) is 11.1. The van der Waals surface area contributed by atoms with Gasteiger partial charge in [-0.15, -0.1) is 0 Å². The van der Waals surface area contributed by atoms with Crippen LogP contribution in [0.5, 0.6) is 0 Å². The Morgan fingerprint density at radius 2 is 1.78 bits per heavy atom. The lowest BCUT2D eigenvalue weighted by Crippen LogP contribution is -2.34. The molecule has 3 N–H and O–H groups in total. The van der Waals surface area contributed by atoms with E-state index in [0.717, 1.165) is 28.7 Å². The lowest BCUT2D eigenvalue weighted by atomic mass is 10.0. The van der Waals surface area contributed by atoms with Crippen molar-refractivity contribution in [3.05, 3.63) is 43.0 Å². The Labute approximate surface area is 135 Å². The SMILES string of the molecule is CC(C)(CCN)Nc1nc(-c2ccncc2)nc2cnccc12. The van der Waals surface area contributed by atoms with Crippen LogP contribution in [0.4, 0.5) is 5.82 Å². The first kappa shape index (κ1) is 15.3. The minimum Gasteiger partial charge on any atom is -0.365 e. The first-order valence-electron chi connectivity index (χ1n) is 7.59. The highest BCUT2D eigenvalue weighted by Gasteiger charge is 2.19. The van der Waals surface area contributed by atoms with Gasteiger partial charge in [0.05, 0.1) is 11.7 Å². The molecule has 0 aliphatic carbocycles. The monoisotopic (exact) mass is 308 g/mol. The van der Waals surface area contributed by atoms with Crippen molar-refractivity contribution in [1.29, 1.82) is 0 Å². The van der Waals surface area contributed by atoms with E-state index in [9.17, 15) is 0 Å². The normalized spacial score (nSPS) is 11.6. The van der Waals surface area contributed by atoms with Gasteiger partial charge in [-0.1, -0.05) is 0 Å². The van der Waals surface area contributed by atoms with Crippen LogP contribution in [0.1, 0.15) is 20.3 Å². The van der Waals surface area contributed by atoms with Crippen LogP contribution in [0.25, 0.3) is 22.3 Å². The molecular formula is C17H20N6. The molecule has 0 radical (unpaired) electrons. The van der Waals surface area contributed by atoms with E-state index in [4.69, 9.17) is 10.7 Å². The smallest absolute Gasteiger partial charge is 0.162 e. The zero-order valence-electron chi connectivity index (χ0n) is 13.3. The van der Waals surface area contributed by atoms with Gasteiger partial charge in [-0.2, -0.15) is 0 Å². The van der Waals surface area contributed by atoms with Crippen LogP contribution >= 0.6 is 0 Å².